The van der Waals surface area contributed by atoms with Crippen LogP contribution < -0.4 is 10.0 Å². The maximum absolute atomic E-state index is 12.2. The third-order valence-electron chi connectivity index (χ3n) is 5.30. The maximum Gasteiger partial charge on any atom is 0.214 e. The number of carbonyl (C=O) groups is 1. The van der Waals surface area contributed by atoms with Gasteiger partial charge < -0.3 is 10.1 Å². The smallest absolute Gasteiger partial charge is 0.214 e. The molecule has 0 spiro atoms. The van der Waals surface area contributed by atoms with Crippen molar-refractivity contribution in [1.29, 1.82) is 0 Å². The van der Waals surface area contributed by atoms with Crippen molar-refractivity contribution in [2.45, 2.75) is 50.3 Å². The number of hydrogen-bond acceptors (Lipinski definition) is 4. The number of carbonyl (C=O) groups excluding carboxylic acids is 1. The van der Waals surface area contributed by atoms with Gasteiger partial charge in [0.1, 0.15) is 6.79 Å². The van der Waals surface area contributed by atoms with Gasteiger partial charge >= 0.3 is 0 Å². The molecule has 0 aliphatic heterocycles. The zero-order valence-corrected chi connectivity index (χ0v) is 17.6. The van der Waals surface area contributed by atoms with Crippen LogP contribution in [0.4, 0.5) is 5.69 Å². The lowest BCUT2D eigenvalue weighted by atomic mass is 9.93. The summed E-state index contributed by atoms with van der Waals surface area (Å²) in [5.74, 6) is 0.254. The molecule has 1 saturated carbocycles. The van der Waals surface area contributed by atoms with E-state index in [0.717, 1.165) is 24.9 Å². The zero-order chi connectivity index (χ0) is 20.7. The molecule has 1 fully saturated rings. The van der Waals surface area contributed by atoms with Crippen molar-refractivity contribution in [3.63, 3.8) is 0 Å². The van der Waals surface area contributed by atoms with Gasteiger partial charge in [-0.05, 0) is 55.5 Å². The number of rotatable bonds is 6. The Morgan fingerprint density at radius 3 is 1.96 bits per heavy atom. The average Bonchev–Trinajstić information content (AvgIpc) is 3.17. The second kappa shape index (κ2) is 9.85. The van der Waals surface area contributed by atoms with E-state index in [9.17, 15) is 8.42 Å². The van der Waals surface area contributed by atoms with E-state index < -0.39 is 15.3 Å². The molecule has 3 rings (SSSR count). The van der Waals surface area contributed by atoms with Crippen LogP contribution in [0.25, 0.3) is 11.1 Å². The molecule has 1 aliphatic rings. The number of sulfonamides is 1. The van der Waals surface area contributed by atoms with E-state index >= 15 is 0 Å². The highest BCUT2D eigenvalue weighted by Gasteiger charge is 2.32. The van der Waals surface area contributed by atoms with E-state index in [1.165, 1.54) is 16.7 Å². The van der Waals surface area contributed by atoms with E-state index in [1.807, 2.05) is 13.8 Å². The van der Waals surface area contributed by atoms with Crippen LogP contribution >= 0.6 is 0 Å². The van der Waals surface area contributed by atoms with Crippen molar-refractivity contribution in [3.05, 3.63) is 54.1 Å². The van der Waals surface area contributed by atoms with Crippen molar-refractivity contribution < 1.29 is 13.2 Å². The van der Waals surface area contributed by atoms with Crippen LogP contribution in [0.5, 0.6) is 0 Å². The lowest BCUT2D eigenvalue weighted by Gasteiger charge is -2.23. The summed E-state index contributed by atoms with van der Waals surface area (Å²) in [5.41, 5.74) is 4.67. The predicted octanol–water partition coefficient (Wildman–Crippen LogP) is 4.17. The van der Waals surface area contributed by atoms with E-state index in [-0.39, 0.29) is 12.0 Å². The van der Waals surface area contributed by atoms with Crippen molar-refractivity contribution in [2.24, 2.45) is 0 Å². The Morgan fingerprint density at radius 2 is 1.46 bits per heavy atom. The van der Waals surface area contributed by atoms with E-state index in [4.69, 9.17) is 4.79 Å². The molecule has 0 heterocycles. The molecule has 0 bridgehead atoms. The summed E-state index contributed by atoms with van der Waals surface area (Å²) in [4.78, 5) is 8.00. The zero-order valence-electron chi connectivity index (χ0n) is 16.8. The van der Waals surface area contributed by atoms with Crippen molar-refractivity contribution in [3.8, 4) is 11.1 Å². The maximum atomic E-state index is 12.2. The SMILES string of the molecule is C=O.CNc1ccc(-c2ccc(C3CCC[C@@H]3NS(=O)(=O)C(C)C)cc2)cc1. The Morgan fingerprint density at radius 1 is 0.929 bits per heavy atom. The standard InChI is InChI=1S/C21H28N2O2S.CH2O/c1-15(2)26(24,25)23-21-6-4-5-20(21)18-9-7-16(8-10-18)17-11-13-19(22-3)14-12-17;1-2/h7-15,20-23H,4-6H2,1-3H3;1H2/t20?,21-;/m0./s1. The van der Waals surface area contributed by atoms with Gasteiger partial charge in [-0.1, -0.05) is 42.8 Å². The Kier molecular flexibility index (Phi) is 7.78. The Labute approximate surface area is 168 Å². The lowest BCUT2D eigenvalue weighted by molar-refractivity contribution is -0.0979. The van der Waals surface area contributed by atoms with Crippen LogP contribution in [0.2, 0.25) is 0 Å². The summed E-state index contributed by atoms with van der Waals surface area (Å²) >= 11 is 0. The first-order valence-corrected chi connectivity index (χ1v) is 11.1. The van der Waals surface area contributed by atoms with Crippen LogP contribution in [0.15, 0.2) is 48.5 Å². The summed E-state index contributed by atoms with van der Waals surface area (Å²) in [6, 6.07) is 16.9. The normalized spacial score (nSPS) is 19.1. The van der Waals surface area contributed by atoms with Crippen LogP contribution in [0, 0.1) is 0 Å². The molecule has 0 aromatic heterocycles. The highest BCUT2D eigenvalue weighted by Crippen LogP contribution is 2.36. The van der Waals surface area contributed by atoms with Crippen LogP contribution in [-0.4, -0.2) is 33.5 Å². The Bertz CT molecular complexity index is 846. The van der Waals surface area contributed by atoms with Gasteiger partial charge in [0.15, 0.2) is 0 Å². The molecule has 0 radical (unpaired) electrons. The molecule has 1 unspecified atom stereocenters. The molecule has 5 nitrogen and oxygen atoms in total. The fraction of sp³-hybridized carbons (Fsp3) is 0.409. The summed E-state index contributed by atoms with van der Waals surface area (Å²) in [5, 5.41) is 2.73. The first-order chi connectivity index (χ1) is 13.4. The minimum absolute atomic E-state index is 0.00293. The number of hydrogen-bond donors (Lipinski definition) is 2. The predicted molar refractivity (Wildman–Crippen MR) is 116 cm³/mol. The van der Waals surface area contributed by atoms with E-state index in [2.05, 4.69) is 58.6 Å². The van der Waals surface area contributed by atoms with Gasteiger partial charge in [-0.3, -0.25) is 0 Å². The third-order valence-corrected chi connectivity index (χ3v) is 7.17. The molecule has 1 aliphatic carbocycles. The lowest BCUT2D eigenvalue weighted by Crippen LogP contribution is -2.40. The highest BCUT2D eigenvalue weighted by molar-refractivity contribution is 7.90. The molecule has 2 N–H and O–H groups in total. The topological polar surface area (TPSA) is 75.3 Å². The van der Waals surface area contributed by atoms with Gasteiger partial charge in [-0.15, -0.1) is 0 Å². The third kappa shape index (κ3) is 5.20. The fourth-order valence-electron chi connectivity index (χ4n) is 3.60. The average molecular weight is 403 g/mol. The summed E-state index contributed by atoms with van der Waals surface area (Å²) in [6.45, 7) is 5.45. The van der Waals surface area contributed by atoms with Gasteiger partial charge in [0.2, 0.25) is 10.0 Å². The van der Waals surface area contributed by atoms with Gasteiger partial charge in [-0.2, -0.15) is 0 Å². The number of anilines is 1. The molecule has 2 aromatic carbocycles. The van der Waals surface area contributed by atoms with Crippen molar-refractivity contribution in [2.75, 3.05) is 12.4 Å². The summed E-state index contributed by atoms with van der Waals surface area (Å²) in [6.07, 6.45) is 2.99. The van der Waals surface area contributed by atoms with Crippen LogP contribution in [-0.2, 0) is 14.8 Å². The molecule has 2 atom stereocenters. The first-order valence-electron chi connectivity index (χ1n) is 9.59. The van der Waals surface area contributed by atoms with Gasteiger partial charge in [0.25, 0.3) is 0 Å². The molecule has 0 saturated heterocycles. The van der Waals surface area contributed by atoms with E-state index in [1.54, 1.807) is 13.8 Å². The fourth-order valence-corrected chi connectivity index (χ4v) is 4.58. The molecule has 152 valence electrons. The summed E-state index contributed by atoms with van der Waals surface area (Å²) in [7, 11) is -1.32. The second-order valence-corrected chi connectivity index (χ2v) is 9.57. The van der Waals surface area contributed by atoms with Gasteiger partial charge in [0.05, 0.1) is 5.25 Å². The Hall–Kier alpha value is -2.18. The molecular weight excluding hydrogens is 372 g/mol. The number of benzene rings is 2. The van der Waals surface area contributed by atoms with E-state index in [0.29, 0.717) is 0 Å². The van der Waals surface area contributed by atoms with Gasteiger partial charge in [0, 0.05) is 24.7 Å². The largest absolute Gasteiger partial charge is 0.388 e. The molecule has 28 heavy (non-hydrogen) atoms. The number of nitrogens with one attached hydrogen (secondary N) is 2. The van der Waals surface area contributed by atoms with Crippen LogP contribution in [0.3, 0.4) is 0 Å². The molecule has 6 heteroatoms. The monoisotopic (exact) mass is 402 g/mol. The first kappa shape index (κ1) is 22.1. The quantitative estimate of drug-likeness (QED) is 0.760. The van der Waals surface area contributed by atoms with Crippen molar-refractivity contribution >= 4 is 22.5 Å². The van der Waals surface area contributed by atoms with Crippen LogP contribution in [0.1, 0.15) is 44.6 Å². The minimum atomic E-state index is -3.24. The molecule has 2 aromatic rings. The second-order valence-electron chi connectivity index (χ2n) is 7.30. The molecular formula is C22H30N2O3S. The Balaban J connectivity index is 0.00000136. The minimum Gasteiger partial charge on any atom is -0.388 e. The van der Waals surface area contributed by atoms with Gasteiger partial charge in [-0.25, -0.2) is 13.1 Å². The molecule has 0 amide bonds. The van der Waals surface area contributed by atoms with Crippen molar-refractivity contribution in [1.82, 2.24) is 4.72 Å². The highest BCUT2D eigenvalue weighted by atomic mass is 32.2. The summed E-state index contributed by atoms with van der Waals surface area (Å²) < 4.78 is 27.4.